The number of amides is 1. The van der Waals surface area contributed by atoms with E-state index in [2.05, 4.69) is 59.4 Å². The molecule has 0 fully saturated rings. The molecule has 0 unspecified atom stereocenters. The number of aromatic nitrogens is 1. The van der Waals surface area contributed by atoms with E-state index < -0.39 is 10.0 Å². The van der Waals surface area contributed by atoms with Gasteiger partial charge in [-0.05, 0) is 87.2 Å². The molecule has 3 N–H and O–H groups in total. The highest BCUT2D eigenvalue weighted by molar-refractivity contribution is 7.89. The van der Waals surface area contributed by atoms with Crippen molar-refractivity contribution < 1.29 is 18.3 Å². The Morgan fingerprint density at radius 3 is 1.98 bits per heavy atom. The first-order chi connectivity index (χ1) is 21.5. The topological polar surface area (TPSA) is 153 Å². The first kappa shape index (κ1) is 40.1. The number of benzene rings is 2. The average molecular weight is 662 g/mol. The number of primary sulfonamides is 1. The van der Waals surface area contributed by atoms with Gasteiger partial charge in [0.25, 0.3) is 0 Å². The number of azo groups is 1. The number of nitrogens with zero attached hydrogens (tertiary/aromatic N) is 4. The van der Waals surface area contributed by atoms with E-state index in [1.165, 1.54) is 107 Å². The Balaban J connectivity index is 0.000000498. The molecule has 0 aliphatic carbocycles. The third-order valence-electron chi connectivity index (χ3n) is 6.71. The van der Waals surface area contributed by atoms with Gasteiger partial charge in [0.1, 0.15) is 0 Å². The molecule has 45 heavy (non-hydrogen) atoms. The van der Waals surface area contributed by atoms with Gasteiger partial charge >= 0.3 is 0 Å². The second kappa shape index (κ2) is 22.6. The highest BCUT2D eigenvalue weighted by atomic mass is 32.2. The van der Waals surface area contributed by atoms with Crippen LogP contribution < -0.4 is 15.6 Å². The molecule has 0 aliphatic rings. The van der Waals surface area contributed by atoms with Crippen LogP contribution >= 0.6 is 11.5 Å². The van der Waals surface area contributed by atoms with Crippen LogP contribution in [0.3, 0.4) is 0 Å². The van der Waals surface area contributed by atoms with Crippen molar-refractivity contribution in [3.8, 4) is 5.75 Å². The number of hydrogen-bond acceptors (Lipinski definition) is 9. The summed E-state index contributed by atoms with van der Waals surface area (Å²) < 4.78 is 27.3. The molecule has 0 radical (unpaired) electrons. The number of carbonyl (C=O) groups is 1. The van der Waals surface area contributed by atoms with Crippen LogP contribution in [-0.4, -0.2) is 43.2 Å². The zero-order chi connectivity index (χ0) is 33.7. The zero-order valence-electron chi connectivity index (χ0n) is 28.0. The normalized spacial score (nSPS) is 11.3. The third kappa shape index (κ3) is 15.8. The lowest BCUT2D eigenvalue weighted by Crippen LogP contribution is -2.27. The summed E-state index contributed by atoms with van der Waals surface area (Å²) in [6, 6.07) is 8.49. The number of fused-ring (bicyclic) bond motifs is 1. The Kier molecular flexibility index (Phi) is 20.1. The van der Waals surface area contributed by atoms with Crippen LogP contribution in [0.15, 0.2) is 51.5 Å². The van der Waals surface area contributed by atoms with Gasteiger partial charge in [-0.2, -0.15) is 4.37 Å². The summed E-state index contributed by atoms with van der Waals surface area (Å²) in [7, 11) is -3.85. The lowest BCUT2D eigenvalue weighted by atomic mass is 10.2. The number of nitrogens with one attached hydrogen (secondary N) is 1. The van der Waals surface area contributed by atoms with E-state index in [4.69, 9.17) is 5.14 Å². The Bertz CT molecular complexity index is 1390. The smallest absolute Gasteiger partial charge is 0.238 e. The van der Waals surface area contributed by atoms with Crippen LogP contribution in [0.25, 0.3) is 10.9 Å². The van der Waals surface area contributed by atoms with E-state index >= 15 is 0 Å². The van der Waals surface area contributed by atoms with Crippen LogP contribution in [0.1, 0.15) is 106 Å². The summed E-state index contributed by atoms with van der Waals surface area (Å²) in [6.07, 6.45) is 11.7. The summed E-state index contributed by atoms with van der Waals surface area (Å²) in [5.74, 6) is -0.581. The van der Waals surface area contributed by atoms with Gasteiger partial charge in [-0.25, -0.2) is 13.6 Å². The van der Waals surface area contributed by atoms with Gasteiger partial charge in [0, 0.05) is 17.5 Å². The van der Waals surface area contributed by atoms with Crippen molar-refractivity contribution in [3.05, 3.63) is 36.4 Å². The minimum absolute atomic E-state index is 0.0479. The lowest BCUT2D eigenvalue weighted by Gasteiger charge is -2.21. The number of anilines is 1. The van der Waals surface area contributed by atoms with E-state index in [-0.39, 0.29) is 22.2 Å². The predicted octanol–water partition coefficient (Wildman–Crippen LogP) is 8.67. The molecule has 10 nitrogen and oxygen atoms in total. The van der Waals surface area contributed by atoms with Gasteiger partial charge in [0.15, 0.2) is 5.00 Å². The van der Waals surface area contributed by atoms with Gasteiger partial charge in [-0.1, -0.05) is 85.5 Å². The maximum absolute atomic E-state index is 11.9. The van der Waals surface area contributed by atoms with Crippen LogP contribution in [0.4, 0.5) is 16.4 Å². The summed E-state index contributed by atoms with van der Waals surface area (Å²) >= 11 is 1.05. The monoisotopic (exact) mass is 661 g/mol. The number of nitrogens with two attached hydrogens (primary N) is 1. The first-order valence-corrected chi connectivity index (χ1v) is 18.5. The van der Waals surface area contributed by atoms with Gasteiger partial charge < -0.3 is 15.3 Å². The van der Waals surface area contributed by atoms with E-state index in [0.717, 1.165) is 11.5 Å². The van der Waals surface area contributed by atoms with Crippen molar-refractivity contribution in [2.45, 2.75) is 111 Å². The van der Waals surface area contributed by atoms with Crippen molar-refractivity contribution in [2.75, 3.05) is 25.0 Å². The number of unbranched alkanes of at least 4 members (excludes halogenated alkanes) is 4. The highest BCUT2D eigenvalue weighted by Gasteiger charge is 2.13. The largest absolute Gasteiger partial charge is 0.871 e. The number of hydrogen-bond donors (Lipinski definition) is 2. The van der Waals surface area contributed by atoms with E-state index in [1.54, 1.807) is 0 Å². The molecule has 0 aliphatic heterocycles. The molecule has 2 aromatic carbocycles. The maximum atomic E-state index is 11.9. The molecule has 1 aromatic heterocycles. The first-order valence-electron chi connectivity index (χ1n) is 16.2. The molecule has 1 heterocycles. The molecule has 12 heteroatoms. The molecular weight excluding hydrogens is 609 g/mol. The summed E-state index contributed by atoms with van der Waals surface area (Å²) in [5, 5.41) is 28.7. The third-order valence-corrected chi connectivity index (χ3v) is 8.39. The Labute approximate surface area is 274 Å². The zero-order valence-corrected chi connectivity index (χ0v) is 29.6. The minimum Gasteiger partial charge on any atom is -0.871 e. The van der Waals surface area contributed by atoms with Crippen molar-refractivity contribution in [2.24, 2.45) is 15.4 Å². The fourth-order valence-electron chi connectivity index (χ4n) is 3.86. The molecule has 3 aromatic rings. The quantitative estimate of drug-likeness (QED) is 0.146. The number of carbonyl (C=O) groups excluding carboxylic acids is 1. The van der Waals surface area contributed by atoms with Gasteiger partial charge in [0.05, 0.1) is 16.1 Å². The standard InChI is InChI=1S/C17H17N5O4S2.C12H27N.C4H10/c1-2-3-16(24)19-14-8-10(4-7-15(14)23)20-21-17-12-9-11(28(18,25)26)5-6-13(12)22-27-17;1-4-7-10-13(11-8-5-2)12-9-6-3;1-3-4-2/h4-9,23H,2-3H2,1H3,(H,19,24)(H2,18,25,26);4-12H2,1-3H3;3-4H2,1-2H3/p-1. The fourth-order valence-corrected chi connectivity index (χ4v) is 5.08. The summed E-state index contributed by atoms with van der Waals surface area (Å²) in [6.45, 7) is 17.0. The molecular formula is C33H53N6O4S2-. The Morgan fingerprint density at radius 1 is 0.867 bits per heavy atom. The molecule has 0 saturated heterocycles. The fraction of sp³-hybridized carbons (Fsp3) is 0.576. The second-order valence-electron chi connectivity index (χ2n) is 10.8. The van der Waals surface area contributed by atoms with Crippen molar-refractivity contribution >= 4 is 54.7 Å². The number of sulfonamides is 1. The van der Waals surface area contributed by atoms with Crippen LogP contribution in [0.2, 0.25) is 0 Å². The van der Waals surface area contributed by atoms with Crippen LogP contribution in [-0.2, 0) is 14.8 Å². The van der Waals surface area contributed by atoms with Crippen molar-refractivity contribution in [1.82, 2.24) is 9.27 Å². The molecule has 252 valence electrons. The molecule has 0 bridgehead atoms. The van der Waals surface area contributed by atoms with Crippen LogP contribution in [0.5, 0.6) is 5.75 Å². The molecule has 1 amide bonds. The second-order valence-corrected chi connectivity index (χ2v) is 13.1. The Hall–Kier alpha value is -2.93. The molecule has 3 rings (SSSR count). The summed E-state index contributed by atoms with van der Waals surface area (Å²) in [4.78, 5) is 14.3. The SMILES string of the molecule is CCCC.CCCC(=O)Nc1cc(N=Nc2snc3ccc(S(N)(=O)=O)cc23)ccc1[O-].CCCCN(CCCC)CCCC. The minimum atomic E-state index is -3.85. The summed E-state index contributed by atoms with van der Waals surface area (Å²) in [5.41, 5.74) is 1.05. The van der Waals surface area contributed by atoms with E-state index in [1.807, 2.05) is 6.92 Å². The van der Waals surface area contributed by atoms with E-state index in [0.29, 0.717) is 34.4 Å². The van der Waals surface area contributed by atoms with Crippen molar-refractivity contribution in [1.29, 1.82) is 0 Å². The predicted molar refractivity (Wildman–Crippen MR) is 186 cm³/mol. The number of rotatable bonds is 16. The van der Waals surface area contributed by atoms with Crippen molar-refractivity contribution in [3.63, 3.8) is 0 Å². The lowest BCUT2D eigenvalue weighted by molar-refractivity contribution is -0.267. The van der Waals surface area contributed by atoms with Gasteiger partial charge in [-0.3, -0.25) is 4.79 Å². The molecule has 0 atom stereocenters. The molecule has 0 spiro atoms. The maximum Gasteiger partial charge on any atom is 0.238 e. The van der Waals surface area contributed by atoms with E-state index in [9.17, 15) is 18.3 Å². The van der Waals surface area contributed by atoms with Gasteiger partial charge in [0.2, 0.25) is 15.9 Å². The van der Waals surface area contributed by atoms with Gasteiger partial charge in [-0.15, -0.1) is 10.2 Å². The van der Waals surface area contributed by atoms with Crippen LogP contribution in [0, 0.1) is 0 Å². The Morgan fingerprint density at radius 2 is 1.47 bits per heavy atom. The average Bonchev–Trinajstić information content (AvgIpc) is 3.43. The molecule has 0 saturated carbocycles. The highest BCUT2D eigenvalue weighted by Crippen LogP contribution is 2.34.